The highest BCUT2D eigenvalue weighted by molar-refractivity contribution is 5.98. The summed E-state index contributed by atoms with van der Waals surface area (Å²) >= 11 is 0. The molecule has 1 amide bonds. The fourth-order valence-electron chi connectivity index (χ4n) is 2.86. The lowest BCUT2D eigenvalue weighted by atomic mass is 9.89. The molecule has 120 valence electrons. The largest absolute Gasteiger partial charge is 0.497 e. The first-order valence-electron chi connectivity index (χ1n) is 7.64. The lowest BCUT2D eigenvalue weighted by Crippen LogP contribution is -2.42. The van der Waals surface area contributed by atoms with Crippen LogP contribution in [0.3, 0.4) is 0 Å². The van der Waals surface area contributed by atoms with E-state index in [2.05, 4.69) is 4.98 Å². The second-order valence-corrected chi connectivity index (χ2v) is 5.61. The van der Waals surface area contributed by atoms with E-state index in [0.29, 0.717) is 31.5 Å². The first kappa shape index (κ1) is 15.3. The SMILES string of the molecule is COc1ccc(C(=O)C2CCN(C(=O)n3ccnc3)CC2)cc1. The maximum Gasteiger partial charge on any atom is 0.329 e. The van der Waals surface area contributed by atoms with Crippen LogP contribution in [0.4, 0.5) is 4.79 Å². The fourth-order valence-corrected chi connectivity index (χ4v) is 2.86. The number of carbonyl (C=O) groups is 2. The van der Waals surface area contributed by atoms with Crippen LogP contribution in [0.25, 0.3) is 0 Å². The van der Waals surface area contributed by atoms with E-state index in [1.807, 2.05) is 0 Å². The maximum absolute atomic E-state index is 12.5. The van der Waals surface area contributed by atoms with Gasteiger partial charge in [0, 0.05) is 37.0 Å². The number of likely N-dealkylation sites (tertiary alicyclic amines) is 1. The predicted octanol–water partition coefficient (Wildman–Crippen LogP) is 2.45. The molecule has 23 heavy (non-hydrogen) atoms. The number of piperidine rings is 1. The van der Waals surface area contributed by atoms with Gasteiger partial charge in [-0.25, -0.2) is 9.78 Å². The van der Waals surface area contributed by atoms with Crippen molar-refractivity contribution in [3.63, 3.8) is 0 Å². The zero-order valence-electron chi connectivity index (χ0n) is 13.0. The predicted molar refractivity (Wildman–Crippen MR) is 84.6 cm³/mol. The van der Waals surface area contributed by atoms with Crippen molar-refractivity contribution in [1.29, 1.82) is 0 Å². The number of Topliss-reactive ketones (excluding diaryl/α,β-unsaturated/α-hetero) is 1. The molecule has 0 spiro atoms. The molecule has 0 saturated carbocycles. The van der Waals surface area contributed by atoms with Gasteiger partial charge in [0.1, 0.15) is 12.1 Å². The number of hydrogen-bond acceptors (Lipinski definition) is 4. The summed E-state index contributed by atoms with van der Waals surface area (Å²) in [5.41, 5.74) is 0.699. The Kier molecular flexibility index (Phi) is 4.41. The molecule has 6 nitrogen and oxygen atoms in total. The van der Waals surface area contributed by atoms with Crippen LogP contribution < -0.4 is 4.74 Å². The number of imidazole rings is 1. The van der Waals surface area contributed by atoms with Crippen LogP contribution in [0.5, 0.6) is 5.75 Å². The van der Waals surface area contributed by atoms with Crippen LogP contribution in [-0.2, 0) is 0 Å². The number of benzene rings is 1. The topological polar surface area (TPSA) is 64.4 Å². The van der Waals surface area contributed by atoms with E-state index >= 15 is 0 Å². The average Bonchev–Trinajstić information content (AvgIpc) is 3.15. The molecule has 0 atom stereocenters. The molecule has 1 aromatic carbocycles. The van der Waals surface area contributed by atoms with Crippen molar-refractivity contribution in [1.82, 2.24) is 14.5 Å². The second-order valence-electron chi connectivity index (χ2n) is 5.61. The van der Waals surface area contributed by atoms with Gasteiger partial charge in [-0.05, 0) is 37.1 Å². The fraction of sp³-hybridized carbons (Fsp3) is 0.353. The summed E-state index contributed by atoms with van der Waals surface area (Å²) in [7, 11) is 1.60. The van der Waals surface area contributed by atoms with Crippen LogP contribution in [-0.4, -0.2) is 46.5 Å². The Balaban J connectivity index is 1.59. The van der Waals surface area contributed by atoms with Gasteiger partial charge in [-0.1, -0.05) is 0 Å². The number of ketones is 1. The first-order valence-corrected chi connectivity index (χ1v) is 7.64. The number of rotatable bonds is 3. The van der Waals surface area contributed by atoms with Gasteiger partial charge in [0.2, 0.25) is 0 Å². The summed E-state index contributed by atoms with van der Waals surface area (Å²) in [5, 5.41) is 0. The average molecular weight is 313 g/mol. The molecule has 3 rings (SSSR count). The van der Waals surface area contributed by atoms with Crippen LogP contribution >= 0.6 is 0 Å². The number of carbonyl (C=O) groups excluding carboxylic acids is 2. The van der Waals surface area contributed by atoms with Crippen molar-refractivity contribution in [2.24, 2.45) is 5.92 Å². The number of amides is 1. The standard InChI is InChI=1S/C17H19N3O3/c1-23-15-4-2-13(3-5-15)16(21)14-6-9-19(10-7-14)17(22)20-11-8-18-12-20/h2-5,8,11-12,14H,6-7,9-10H2,1H3. The molecule has 0 bridgehead atoms. The minimum Gasteiger partial charge on any atom is -0.497 e. The van der Waals surface area contributed by atoms with Crippen molar-refractivity contribution in [3.8, 4) is 5.75 Å². The van der Waals surface area contributed by atoms with Crippen molar-refractivity contribution in [3.05, 3.63) is 48.5 Å². The first-order chi connectivity index (χ1) is 11.2. The Morgan fingerprint density at radius 2 is 1.87 bits per heavy atom. The van der Waals surface area contributed by atoms with Gasteiger partial charge in [0.05, 0.1) is 7.11 Å². The maximum atomic E-state index is 12.5. The number of nitrogens with zero attached hydrogens (tertiary/aromatic N) is 3. The molecule has 2 aromatic rings. The van der Waals surface area contributed by atoms with Crippen molar-refractivity contribution in [2.75, 3.05) is 20.2 Å². The summed E-state index contributed by atoms with van der Waals surface area (Å²) in [6.07, 6.45) is 6.09. The lowest BCUT2D eigenvalue weighted by molar-refractivity contribution is 0.0855. The molecular weight excluding hydrogens is 294 g/mol. The van der Waals surface area contributed by atoms with Crippen LogP contribution in [0, 0.1) is 5.92 Å². The normalized spacial score (nSPS) is 15.4. The number of aromatic nitrogens is 2. The van der Waals surface area contributed by atoms with Crippen LogP contribution in [0.1, 0.15) is 23.2 Å². The van der Waals surface area contributed by atoms with Crippen LogP contribution in [0.15, 0.2) is 43.0 Å². The van der Waals surface area contributed by atoms with Crippen molar-refractivity contribution < 1.29 is 14.3 Å². The zero-order valence-corrected chi connectivity index (χ0v) is 13.0. The summed E-state index contributed by atoms with van der Waals surface area (Å²) in [4.78, 5) is 30.4. The monoisotopic (exact) mass is 313 g/mol. The minimum atomic E-state index is -0.0853. The molecule has 0 N–H and O–H groups in total. The summed E-state index contributed by atoms with van der Waals surface area (Å²) in [6.45, 7) is 1.17. The quantitative estimate of drug-likeness (QED) is 0.817. The van der Waals surface area contributed by atoms with Gasteiger partial charge >= 0.3 is 6.03 Å². The Bertz CT molecular complexity index is 672. The molecular formula is C17H19N3O3. The van der Waals surface area contributed by atoms with E-state index in [-0.39, 0.29) is 17.7 Å². The van der Waals surface area contributed by atoms with E-state index in [0.717, 1.165) is 5.75 Å². The van der Waals surface area contributed by atoms with E-state index < -0.39 is 0 Å². The van der Waals surface area contributed by atoms with E-state index in [1.165, 1.54) is 10.9 Å². The summed E-state index contributed by atoms with van der Waals surface area (Å²) in [6, 6.07) is 7.10. The molecule has 0 radical (unpaired) electrons. The molecule has 1 saturated heterocycles. The third-order valence-corrected chi connectivity index (χ3v) is 4.24. The van der Waals surface area contributed by atoms with Gasteiger partial charge < -0.3 is 9.64 Å². The van der Waals surface area contributed by atoms with Gasteiger partial charge in [0.25, 0.3) is 0 Å². The Hall–Kier alpha value is -2.63. The lowest BCUT2D eigenvalue weighted by Gasteiger charge is -2.31. The highest BCUT2D eigenvalue weighted by atomic mass is 16.5. The molecule has 1 aliphatic rings. The third-order valence-electron chi connectivity index (χ3n) is 4.24. The molecule has 1 aliphatic heterocycles. The van der Waals surface area contributed by atoms with Gasteiger partial charge in [-0.2, -0.15) is 0 Å². The number of methoxy groups -OCH3 is 1. The van der Waals surface area contributed by atoms with Gasteiger partial charge in [0.15, 0.2) is 5.78 Å². The van der Waals surface area contributed by atoms with Gasteiger partial charge in [-0.3, -0.25) is 9.36 Å². The van der Waals surface area contributed by atoms with Gasteiger partial charge in [-0.15, -0.1) is 0 Å². The molecule has 1 fully saturated rings. The smallest absolute Gasteiger partial charge is 0.329 e. The van der Waals surface area contributed by atoms with E-state index in [9.17, 15) is 9.59 Å². The van der Waals surface area contributed by atoms with Crippen molar-refractivity contribution >= 4 is 11.8 Å². The Labute approximate surface area is 134 Å². The Morgan fingerprint density at radius 1 is 1.17 bits per heavy atom. The summed E-state index contributed by atoms with van der Waals surface area (Å²) in [5.74, 6) is 0.847. The number of ether oxygens (including phenoxy) is 1. The molecule has 0 unspecified atom stereocenters. The third kappa shape index (κ3) is 3.26. The van der Waals surface area contributed by atoms with Crippen LogP contribution in [0.2, 0.25) is 0 Å². The minimum absolute atomic E-state index is 0.0322. The highest BCUT2D eigenvalue weighted by Crippen LogP contribution is 2.23. The highest BCUT2D eigenvalue weighted by Gasteiger charge is 2.28. The second kappa shape index (κ2) is 6.64. The zero-order chi connectivity index (χ0) is 16.2. The molecule has 6 heteroatoms. The van der Waals surface area contributed by atoms with Crippen molar-refractivity contribution in [2.45, 2.75) is 12.8 Å². The Morgan fingerprint density at radius 3 is 2.43 bits per heavy atom. The van der Waals surface area contributed by atoms with E-state index in [4.69, 9.17) is 4.74 Å². The molecule has 1 aromatic heterocycles. The summed E-state index contributed by atoms with van der Waals surface area (Å²) < 4.78 is 6.57. The number of hydrogen-bond donors (Lipinski definition) is 0. The molecule has 2 heterocycles. The molecule has 0 aliphatic carbocycles. The van der Waals surface area contributed by atoms with E-state index in [1.54, 1.807) is 48.7 Å².